The summed E-state index contributed by atoms with van der Waals surface area (Å²) in [6, 6.07) is 4.34. The molecule has 1 aliphatic carbocycles. The minimum Gasteiger partial charge on any atom is -0.398 e. The molecule has 16 heavy (non-hydrogen) atoms. The van der Waals surface area contributed by atoms with E-state index < -0.39 is 0 Å². The van der Waals surface area contributed by atoms with Crippen LogP contribution in [0.25, 0.3) is 0 Å². The smallest absolute Gasteiger partial charge is 0.0357 e. The quantitative estimate of drug-likeness (QED) is 0.554. The summed E-state index contributed by atoms with van der Waals surface area (Å²) >= 11 is 0. The van der Waals surface area contributed by atoms with Crippen molar-refractivity contribution in [2.24, 2.45) is 0 Å². The van der Waals surface area contributed by atoms with Crippen molar-refractivity contribution in [1.29, 1.82) is 0 Å². The number of nitrogens with two attached hydrogens (primary N) is 1. The van der Waals surface area contributed by atoms with Crippen molar-refractivity contribution in [3.63, 3.8) is 0 Å². The first-order valence-electron chi connectivity index (χ1n) is 6.12. The van der Waals surface area contributed by atoms with Crippen LogP contribution in [0.3, 0.4) is 0 Å². The molecule has 0 bridgehead atoms. The summed E-state index contributed by atoms with van der Waals surface area (Å²) in [5, 5.41) is 0. The van der Waals surface area contributed by atoms with Crippen LogP contribution in [0.1, 0.15) is 48.8 Å². The van der Waals surface area contributed by atoms with Crippen LogP contribution < -0.4 is 5.73 Å². The van der Waals surface area contributed by atoms with E-state index in [1.807, 2.05) is 0 Å². The first-order chi connectivity index (χ1) is 7.58. The molecule has 2 rings (SSSR count). The van der Waals surface area contributed by atoms with Gasteiger partial charge in [-0.2, -0.15) is 0 Å². The largest absolute Gasteiger partial charge is 0.398 e. The van der Waals surface area contributed by atoms with Gasteiger partial charge in [0.15, 0.2) is 0 Å². The molecule has 0 aromatic heterocycles. The summed E-state index contributed by atoms with van der Waals surface area (Å²) in [6.45, 7) is 6.51. The van der Waals surface area contributed by atoms with Gasteiger partial charge in [-0.15, -0.1) is 0 Å². The molecule has 0 amide bonds. The minimum absolute atomic E-state index is 0.536. The summed E-state index contributed by atoms with van der Waals surface area (Å²) in [5.41, 5.74) is 12.6. The molecule has 0 fully saturated rings. The highest BCUT2D eigenvalue weighted by atomic mass is 14.6. The van der Waals surface area contributed by atoms with Crippen molar-refractivity contribution in [3.8, 4) is 0 Å². The van der Waals surface area contributed by atoms with E-state index in [0.29, 0.717) is 5.92 Å². The molecule has 1 aromatic rings. The van der Waals surface area contributed by atoms with Gasteiger partial charge < -0.3 is 5.73 Å². The van der Waals surface area contributed by atoms with Gasteiger partial charge in [0.25, 0.3) is 0 Å². The van der Waals surface area contributed by atoms with Gasteiger partial charge in [-0.05, 0) is 62.8 Å². The Bertz CT molecular complexity index is 406. The molecule has 1 aromatic carbocycles. The Morgan fingerprint density at radius 2 is 1.94 bits per heavy atom. The predicted octanol–water partition coefficient (Wildman–Crippen LogP) is 4.10. The van der Waals surface area contributed by atoms with Crippen molar-refractivity contribution < 1.29 is 0 Å². The Kier molecular flexibility index (Phi) is 3.04. The molecule has 1 unspecified atom stereocenters. The number of allylic oxidation sites excluding steroid dienone is 2. The second-order valence-electron chi connectivity index (χ2n) is 5.10. The molecule has 0 aliphatic heterocycles. The van der Waals surface area contributed by atoms with Crippen LogP contribution in [-0.2, 0) is 0 Å². The Labute approximate surface area is 98.4 Å². The SMILES string of the molecule is CC1=CC(c2c(C)cc(C)cc2N)CCC1. The summed E-state index contributed by atoms with van der Waals surface area (Å²) in [5.74, 6) is 0.536. The van der Waals surface area contributed by atoms with E-state index in [2.05, 4.69) is 39.0 Å². The van der Waals surface area contributed by atoms with Crippen molar-refractivity contribution in [3.05, 3.63) is 40.5 Å². The van der Waals surface area contributed by atoms with Crippen LogP contribution >= 0.6 is 0 Å². The second-order valence-corrected chi connectivity index (χ2v) is 5.10. The van der Waals surface area contributed by atoms with Crippen LogP contribution in [0, 0.1) is 13.8 Å². The number of anilines is 1. The van der Waals surface area contributed by atoms with E-state index >= 15 is 0 Å². The average molecular weight is 215 g/mol. The monoisotopic (exact) mass is 215 g/mol. The van der Waals surface area contributed by atoms with E-state index in [9.17, 15) is 0 Å². The van der Waals surface area contributed by atoms with Crippen molar-refractivity contribution in [2.75, 3.05) is 5.73 Å². The van der Waals surface area contributed by atoms with Gasteiger partial charge in [0, 0.05) is 11.6 Å². The average Bonchev–Trinajstić information content (AvgIpc) is 2.15. The molecule has 1 nitrogen and oxygen atoms in total. The van der Waals surface area contributed by atoms with Crippen molar-refractivity contribution >= 4 is 5.69 Å². The van der Waals surface area contributed by atoms with Crippen LogP contribution in [0.15, 0.2) is 23.8 Å². The fourth-order valence-corrected chi connectivity index (χ4v) is 2.86. The zero-order valence-electron chi connectivity index (χ0n) is 10.5. The third kappa shape index (κ3) is 2.13. The second kappa shape index (κ2) is 4.32. The molecule has 0 spiro atoms. The molecule has 0 saturated carbocycles. The van der Waals surface area contributed by atoms with Gasteiger partial charge in [0.05, 0.1) is 0 Å². The van der Waals surface area contributed by atoms with Gasteiger partial charge >= 0.3 is 0 Å². The number of rotatable bonds is 1. The summed E-state index contributed by atoms with van der Waals surface area (Å²) in [4.78, 5) is 0. The fourth-order valence-electron chi connectivity index (χ4n) is 2.86. The van der Waals surface area contributed by atoms with Crippen LogP contribution in [0.2, 0.25) is 0 Å². The first kappa shape index (κ1) is 11.3. The number of nitrogen functional groups attached to an aromatic ring is 1. The predicted molar refractivity (Wildman–Crippen MR) is 70.7 cm³/mol. The maximum Gasteiger partial charge on any atom is 0.0357 e. The first-order valence-corrected chi connectivity index (χ1v) is 6.12. The number of hydrogen-bond donors (Lipinski definition) is 1. The molecule has 0 saturated heterocycles. The lowest BCUT2D eigenvalue weighted by Crippen LogP contribution is -2.07. The van der Waals surface area contributed by atoms with Crippen LogP contribution in [0.5, 0.6) is 0 Å². The van der Waals surface area contributed by atoms with Gasteiger partial charge in [-0.3, -0.25) is 0 Å². The van der Waals surface area contributed by atoms with Gasteiger partial charge in [0.1, 0.15) is 0 Å². The standard InChI is InChI=1S/C15H21N/c1-10-5-4-6-13(8-10)15-12(3)7-11(2)9-14(15)16/h7-9,13H,4-6,16H2,1-3H3. The molecule has 1 aliphatic rings. The maximum absolute atomic E-state index is 6.17. The highest BCUT2D eigenvalue weighted by Gasteiger charge is 2.18. The summed E-state index contributed by atoms with van der Waals surface area (Å²) in [7, 11) is 0. The minimum atomic E-state index is 0.536. The molecular formula is C15H21N. The number of aryl methyl sites for hydroxylation is 2. The van der Waals surface area contributed by atoms with Gasteiger partial charge in [-0.1, -0.05) is 17.7 Å². The topological polar surface area (TPSA) is 26.0 Å². The van der Waals surface area contributed by atoms with E-state index in [1.165, 1.54) is 41.5 Å². The van der Waals surface area contributed by atoms with Gasteiger partial charge in [-0.25, -0.2) is 0 Å². The molecule has 0 radical (unpaired) electrons. The van der Waals surface area contributed by atoms with Gasteiger partial charge in [0.2, 0.25) is 0 Å². The van der Waals surface area contributed by atoms with Crippen molar-refractivity contribution in [2.45, 2.75) is 46.0 Å². The lowest BCUT2D eigenvalue weighted by atomic mass is 9.83. The van der Waals surface area contributed by atoms with Crippen LogP contribution in [-0.4, -0.2) is 0 Å². The zero-order chi connectivity index (χ0) is 11.7. The third-order valence-electron chi connectivity index (χ3n) is 3.51. The molecule has 1 heteroatoms. The van der Waals surface area contributed by atoms with E-state index in [4.69, 9.17) is 5.73 Å². The molecular weight excluding hydrogens is 194 g/mol. The number of benzene rings is 1. The van der Waals surface area contributed by atoms with E-state index in [1.54, 1.807) is 0 Å². The number of hydrogen-bond acceptors (Lipinski definition) is 1. The Hall–Kier alpha value is -1.24. The van der Waals surface area contributed by atoms with E-state index in [-0.39, 0.29) is 0 Å². The molecule has 86 valence electrons. The molecule has 2 N–H and O–H groups in total. The highest BCUT2D eigenvalue weighted by molar-refractivity contribution is 5.56. The Morgan fingerprint density at radius 1 is 1.19 bits per heavy atom. The Balaban J connectivity index is 2.44. The fraction of sp³-hybridized carbons (Fsp3) is 0.467. The normalized spacial score (nSPS) is 20.7. The van der Waals surface area contributed by atoms with E-state index in [0.717, 1.165) is 5.69 Å². The highest BCUT2D eigenvalue weighted by Crippen LogP contribution is 2.36. The Morgan fingerprint density at radius 3 is 2.56 bits per heavy atom. The van der Waals surface area contributed by atoms with Crippen molar-refractivity contribution in [1.82, 2.24) is 0 Å². The lowest BCUT2D eigenvalue weighted by Gasteiger charge is -2.23. The molecule has 1 atom stereocenters. The summed E-state index contributed by atoms with van der Waals surface area (Å²) in [6.07, 6.45) is 6.18. The third-order valence-corrected chi connectivity index (χ3v) is 3.51. The summed E-state index contributed by atoms with van der Waals surface area (Å²) < 4.78 is 0. The lowest BCUT2D eigenvalue weighted by molar-refractivity contribution is 0.632. The van der Waals surface area contributed by atoms with Crippen LogP contribution in [0.4, 0.5) is 5.69 Å². The zero-order valence-corrected chi connectivity index (χ0v) is 10.5. The maximum atomic E-state index is 6.17. The molecule has 0 heterocycles.